The van der Waals surface area contributed by atoms with E-state index in [0.29, 0.717) is 0 Å². The first-order valence-corrected chi connectivity index (χ1v) is 6.72. The van der Waals surface area contributed by atoms with E-state index in [4.69, 9.17) is 0 Å². The molecule has 1 atom stereocenters. The number of hydrogen-bond donors (Lipinski definition) is 0. The number of aliphatic carboxylic acids is 1. The molecule has 0 spiro atoms. The Morgan fingerprint density at radius 2 is 2.05 bits per heavy atom. The first kappa shape index (κ1) is 13.6. The monoisotopic (exact) mass is 260 g/mol. The number of anilines is 1. The van der Waals surface area contributed by atoms with Crippen molar-refractivity contribution in [3.63, 3.8) is 0 Å². The lowest BCUT2D eigenvalue weighted by Gasteiger charge is -2.17. The molecule has 1 fully saturated rings. The van der Waals surface area contributed by atoms with Gasteiger partial charge < -0.3 is 14.8 Å². The van der Waals surface area contributed by atoms with E-state index in [0.717, 1.165) is 24.9 Å². The van der Waals surface area contributed by atoms with Crippen LogP contribution in [0.25, 0.3) is 0 Å². The third-order valence-electron chi connectivity index (χ3n) is 3.53. The maximum Gasteiger partial charge on any atom is 0.227 e. The lowest BCUT2D eigenvalue weighted by molar-refractivity contribution is -0.310. The fourth-order valence-corrected chi connectivity index (χ4v) is 2.34. The first-order chi connectivity index (χ1) is 9.11. The average molecular weight is 260 g/mol. The van der Waals surface area contributed by atoms with Crippen LogP contribution in [0.4, 0.5) is 5.69 Å². The van der Waals surface area contributed by atoms with Crippen LogP contribution in [0.15, 0.2) is 24.3 Å². The number of aryl methyl sites for hydroxylation is 1. The predicted molar refractivity (Wildman–Crippen MR) is 70.5 cm³/mol. The fourth-order valence-electron chi connectivity index (χ4n) is 2.34. The molecule has 1 heterocycles. The van der Waals surface area contributed by atoms with Crippen LogP contribution in [-0.4, -0.2) is 18.4 Å². The molecule has 0 aromatic heterocycles. The smallest absolute Gasteiger partial charge is 0.227 e. The highest BCUT2D eigenvalue weighted by Gasteiger charge is 2.31. The normalized spacial score (nSPS) is 18.9. The maximum absolute atomic E-state index is 11.8. The van der Waals surface area contributed by atoms with Gasteiger partial charge in [-0.05, 0) is 30.5 Å². The second-order valence-electron chi connectivity index (χ2n) is 4.99. The minimum absolute atomic E-state index is 0.0416. The molecule has 1 aliphatic rings. The largest absolute Gasteiger partial charge is 0.550 e. The summed E-state index contributed by atoms with van der Waals surface area (Å²) in [7, 11) is 0. The number of hydrogen-bond acceptors (Lipinski definition) is 3. The second kappa shape index (κ2) is 5.87. The van der Waals surface area contributed by atoms with Gasteiger partial charge >= 0.3 is 0 Å². The van der Waals surface area contributed by atoms with Crippen molar-refractivity contribution in [3.8, 4) is 0 Å². The Bertz CT molecular complexity index is 467. The van der Waals surface area contributed by atoms with E-state index in [1.807, 2.05) is 24.3 Å². The van der Waals surface area contributed by atoms with E-state index in [-0.39, 0.29) is 18.9 Å². The molecule has 4 nitrogen and oxygen atoms in total. The number of unbranched alkanes of at least 4 members (excludes halogenated alkanes) is 1. The molecule has 1 aromatic carbocycles. The van der Waals surface area contributed by atoms with Crippen molar-refractivity contribution in [2.24, 2.45) is 5.92 Å². The van der Waals surface area contributed by atoms with Gasteiger partial charge in [0.1, 0.15) is 0 Å². The molecule has 1 aromatic rings. The average Bonchev–Trinajstić information content (AvgIpc) is 2.79. The van der Waals surface area contributed by atoms with Gasteiger partial charge in [0, 0.05) is 30.5 Å². The van der Waals surface area contributed by atoms with Crippen LogP contribution in [0.1, 0.15) is 31.7 Å². The van der Waals surface area contributed by atoms with Crippen LogP contribution < -0.4 is 10.0 Å². The molecule has 0 aliphatic carbocycles. The van der Waals surface area contributed by atoms with Crippen LogP contribution in [0.3, 0.4) is 0 Å². The summed E-state index contributed by atoms with van der Waals surface area (Å²) in [5, 5.41) is 10.8. The van der Waals surface area contributed by atoms with E-state index in [1.54, 1.807) is 0 Å². The molecule has 0 N–H and O–H groups in total. The molecule has 1 saturated heterocycles. The highest BCUT2D eigenvalue weighted by Crippen LogP contribution is 2.25. The summed E-state index contributed by atoms with van der Waals surface area (Å²) in [6.07, 6.45) is 3.38. The molecule has 1 aliphatic heterocycles. The van der Waals surface area contributed by atoms with E-state index < -0.39 is 11.9 Å². The minimum atomic E-state index is -1.14. The quantitative estimate of drug-likeness (QED) is 0.797. The summed E-state index contributed by atoms with van der Waals surface area (Å²) in [6.45, 7) is 2.37. The molecular formula is C15H18NO3-. The van der Waals surface area contributed by atoms with Gasteiger partial charge in [-0.25, -0.2) is 0 Å². The summed E-state index contributed by atoms with van der Waals surface area (Å²) in [5.74, 6) is -1.97. The standard InChI is InChI=1S/C15H19NO3/c1-2-3-4-11-5-7-13(8-6-11)16-10-12(15(18)19)9-14(16)17/h5-8,12H,2-4,9-10H2,1H3,(H,18,19)/p-1. The molecule has 19 heavy (non-hydrogen) atoms. The zero-order chi connectivity index (χ0) is 13.8. The molecule has 0 bridgehead atoms. The van der Waals surface area contributed by atoms with Crippen molar-refractivity contribution in [2.45, 2.75) is 32.6 Å². The summed E-state index contributed by atoms with van der Waals surface area (Å²) in [4.78, 5) is 24.1. The SMILES string of the molecule is CCCCc1ccc(N2CC(C(=O)[O-])CC2=O)cc1. The minimum Gasteiger partial charge on any atom is -0.550 e. The van der Waals surface area contributed by atoms with Crippen molar-refractivity contribution in [3.05, 3.63) is 29.8 Å². The number of carboxylic acid groups (broad SMARTS) is 1. The number of nitrogens with zero attached hydrogens (tertiary/aromatic N) is 1. The van der Waals surface area contributed by atoms with Gasteiger partial charge in [-0.15, -0.1) is 0 Å². The van der Waals surface area contributed by atoms with Gasteiger partial charge in [0.25, 0.3) is 0 Å². The van der Waals surface area contributed by atoms with E-state index in [1.165, 1.54) is 10.5 Å². The summed E-state index contributed by atoms with van der Waals surface area (Å²) in [6, 6.07) is 7.79. The second-order valence-corrected chi connectivity index (χ2v) is 4.99. The predicted octanol–water partition coefficient (Wildman–Crippen LogP) is 1.13. The number of carboxylic acids is 1. The number of amides is 1. The van der Waals surface area contributed by atoms with Gasteiger partial charge in [-0.2, -0.15) is 0 Å². The van der Waals surface area contributed by atoms with Gasteiger partial charge in [-0.3, -0.25) is 4.79 Å². The van der Waals surface area contributed by atoms with Gasteiger partial charge in [-0.1, -0.05) is 25.5 Å². The van der Waals surface area contributed by atoms with Crippen molar-refractivity contribution in [2.75, 3.05) is 11.4 Å². The van der Waals surface area contributed by atoms with E-state index >= 15 is 0 Å². The van der Waals surface area contributed by atoms with Crippen LogP contribution in [0.2, 0.25) is 0 Å². The number of carbonyl (C=O) groups is 2. The molecule has 1 amide bonds. The third kappa shape index (κ3) is 3.13. The zero-order valence-electron chi connectivity index (χ0n) is 11.1. The highest BCUT2D eigenvalue weighted by atomic mass is 16.4. The Morgan fingerprint density at radius 1 is 1.37 bits per heavy atom. The van der Waals surface area contributed by atoms with Crippen molar-refractivity contribution < 1.29 is 14.7 Å². The summed E-state index contributed by atoms with van der Waals surface area (Å²) in [5.41, 5.74) is 2.02. The summed E-state index contributed by atoms with van der Waals surface area (Å²) < 4.78 is 0. The lowest BCUT2D eigenvalue weighted by atomic mass is 10.1. The van der Waals surface area contributed by atoms with E-state index in [9.17, 15) is 14.7 Å². The maximum atomic E-state index is 11.8. The van der Waals surface area contributed by atoms with Crippen LogP contribution in [-0.2, 0) is 16.0 Å². The van der Waals surface area contributed by atoms with Crippen LogP contribution in [0, 0.1) is 5.92 Å². The Balaban J connectivity index is 2.06. The third-order valence-corrected chi connectivity index (χ3v) is 3.53. The molecule has 2 rings (SSSR count). The summed E-state index contributed by atoms with van der Waals surface area (Å²) >= 11 is 0. The number of rotatable bonds is 5. The molecule has 4 heteroatoms. The first-order valence-electron chi connectivity index (χ1n) is 6.72. The molecular weight excluding hydrogens is 242 g/mol. The Kier molecular flexibility index (Phi) is 4.20. The van der Waals surface area contributed by atoms with Crippen LogP contribution in [0.5, 0.6) is 0 Å². The van der Waals surface area contributed by atoms with E-state index in [2.05, 4.69) is 6.92 Å². The van der Waals surface area contributed by atoms with Gasteiger partial charge in [0.2, 0.25) is 5.91 Å². The Hall–Kier alpha value is -1.84. The van der Waals surface area contributed by atoms with Crippen LogP contribution >= 0.6 is 0 Å². The molecule has 0 saturated carbocycles. The van der Waals surface area contributed by atoms with Gasteiger partial charge in [0.15, 0.2) is 0 Å². The zero-order valence-corrected chi connectivity index (χ0v) is 11.1. The molecule has 102 valence electrons. The highest BCUT2D eigenvalue weighted by molar-refractivity contribution is 5.98. The topological polar surface area (TPSA) is 60.4 Å². The molecule has 0 radical (unpaired) electrons. The number of benzene rings is 1. The fraction of sp³-hybridized carbons (Fsp3) is 0.467. The van der Waals surface area contributed by atoms with Crippen molar-refractivity contribution in [1.82, 2.24) is 0 Å². The van der Waals surface area contributed by atoms with Crippen molar-refractivity contribution >= 4 is 17.6 Å². The lowest BCUT2D eigenvalue weighted by Crippen LogP contribution is -2.33. The molecule has 1 unspecified atom stereocenters. The number of carbonyl (C=O) groups excluding carboxylic acids is 2. The van der Waals surface area contributed by atoms with Gasteiger partial charge in [0.05, 0.1) is 0 Å². The van der Waals surface area contributed by atoms with Crippen molar-refractivity contribution in [1.29, 1.82) is 0 Å². The Morgan fingerprint density at radius 3 is 2.58 bits per heavy atom. The Labute approximate surface area is 113 Å².